The molecule has 22 heavy (non-hydrogen) atoms. The second-order valence-electron chi connectivity index (χ2n) is 5.93. The van der Waals surface area contributed by atoms with Gasteiger partial charge in [-0.15, -0.1) is 0 Å². The average molecular weight is 320 g/mol. The number of ether oxygens (including phenoxy) is 2. The molecule has 2 aromatic heterocycles. The molecule has 1 aliphatic carbocycles. The number of nitrogens with one attached hydrogen (secondary N) is 1. The summed E-state index contributed by atoms with van der Waals surface area (Å²) in [6, 6.07) is 3.56. The molecular weight excluding hydrogens is 302 g/mol. The Morgan fingerprint density at radius 3 is 2.73 bits per heavy atom. The van der Waals surface area contributed by atoms with Gasteiger partial charge >= 0.3 is 0 Å². The van der Waals surface area contributed by atoms with Crippen LogP contribution in [0.25, 0.3) is 0 Å². The molecule has 116 valence electrons. The van der Waals surface area contributed by atoms with Crippen LogP contribution in [-0.2, 0) is 4.74 Å². The van der Waals surface area contributed by atoms with Gasteiger partial charge < -0.3 is 9.47 Å². The lowest BCUT2D eigenvalue weighted by molar-refractivity contribution is 0.0840. The van der Waals surface area contributed by atoms with E-state index in [-0.39, 0.29) is 0 Å². The van der Waals surface area contributed by atoms with E-state index in [9.17, 15) is 0 Å². The molecule has 1 saturated carbocycles. The van der Waals surface area contributed by atoms with Gasteiger partial charge in [-0.2, -0.15) is 5.10 Å². The van der Waals surface area contributed by atoms with E-state index in [1.165, 1.54) is 12.8 Å². The van der Waals surface area contributed by atoms with Crippen molar-refractivity contribution in [2.75, 3.05) is 13.2 Å². The average Bonchev–Trinajstić information content (AvgIpc) is 3.30. The molecule has 1 aliphatic heterocycles. The summed E-state index contributed by atoms with van der Waals surface area (Å²) in [6.45, 7) is 1.59. The Morgan fingerprint density at radius 1 is 1.18 bits per heavy atom. The Hall–Kier alpha value is -1.59. The molecule has 0 aromatic carbocycles. The van der Waals surface area contributed by atoms with Crippen molar-refractivity contribution >= 4 is 11.6 Å². The summed E-state index contributed by atoms with van der Waals surface area (Å²) >= 11 is 5.96. The van der Waals surface area contributed by atoms with Crippen LogP contribution >= 0.6 is 11.6 Å². The van der Waals surface area contributed by atoms with Gasteiger partial charge in [0.25, 0.3) is 0 Å². The van der Waals surface area contributed by atoms with E-state index in [0.717, 1.165) is 43.2 Å². The maximum atomic E-state index is 6.16. The molecule has 5 nitrogen and oxygen atoms in total. The molecule has 2 aromatic rings. The molecule has 6 heteroatoms. The Labute approximate surface area is 134 Å². The summed E-state index contributed by atoms with van der Waals surface area (Å²) in [5.74, 6) is 2.53. The lowest BCUT2D eigenvalue weighted by Gasteiger charge is -2.22. The topological polar surface area (TPSA) is 60.0 Å². The largest absolute Gasteiger partial charge is 0.453 e. The van der Waals surface area contributed by atoms with Gasteiger partial charge in [-0.25, -0.2) is 4.98 Å². The minimum atomic E-state index is 0.418. The first-order valence-corrected chi connectivity index (χ1v) is 8.14. The van der Waals surface area contributed by atoms with Gasteiger partial charge in [0.2, 0.25) is 0 Å². The molecule has 2 aliphatic rings. The highest BCUT2D eigenvalue weighted by Gasteiger charge is 2.34. The molecule has 1 N–H and O–H groups in total. The van der Waals surface area contributed by atoms with E-state index in [1.807, 2.05) is 6.07 Å². The van der Waals surface area contributed by atoms with Crippen molar-refractivity contribution in [1.29, 1.82) is 0 Å². The molecule has 2 fully saturated rings. The monoisotopic (exact) mass is 319 g/mol. The summed E-state index contributed by atoms with van der Waals surface area (Å²) in [5, 5.41) is 8.19. The van der Waals surface area contributed by atoms with E-state index < -0.39 is 0 Å². The molecule has 1 saturated heterocycles. The highest BCUT2D eigenvalue weighted by Crippen LogP contribution is 2.47. The molecule has 3 heterocycles. The number of hydrogen-bond donors (Lipinski definition) is 1. The molecule has 0 amide bonds. The first-order chi connectivity index (χ1) is 10.8. The van der Waals surface area contributed by atoms with Crippen molar-refractivity contribution < 1.29 is 9.47 Å². The van der Waals surface area contributed by atoms with Crippen LogP contribution < -0.4 is 4.74 Å². The summed E-state index contributed by atoms with van der Waals surface area (Å²) in [4.78, 5) is 4.00. The lowest BCUT2D eigenvalue weighted by atomic mass is 9.95. The number of H-pyrrole nitrogens is 1. The highest BCUT2D eigenvalue weighted by molar-refractivity contribution is 6.29. The molecule has 0 radical (unpaired) electrons. The summed E-state index contributed by atoms with van der Waals surface area (Å²) < 4.78 is 11.6. The summed E-state index contributed by atoms with van der Waals surface area (Å²) in [7, 11) is 0. The van der Waals surface area contributed by atoms with Crippen molar-refractivity contribution in [3.8, 4) is 11.5 Å². The van der Waals surface area contributed by atoms with Crippen LogP contribution in [-0.4, -0.2) is 28.4 Å². The number of aromatic amines is 1. The normalized spacial score (nSPS) is 19.3. The zero-order chi connectivity index (χ0) is 14.9. The second-order valence-corrected chi connectivity index (χ2v) is 6.32. The zero-order valence-electron chi connectivity index (χ0n) is 12.2. The maximum Gasteiger partial charge on any atom is 0.171 e. The standard InChI is InChI=1S/C16H18ClN3O2/c17-13-9-12(3-6-18-13)22-16-14(10-1-2-10)19-20-15(16)11-4-7-21-8-5-11/h3,6,9-11H,1-2,4-5,7-8H2,(H,19,20). The van der Waals surface area contributed by atoms with Crippen molar-refractivity contribution in [2.24, 2.45) is 0 Å². The number of rotatable bonds is 4. The van der Waals surface area contributed by atoms with Crippen LogP contribution in [0, 0.1) is 0 Å². The summed E-state index contributed by atoms with van der Waals surface area (Å²) in [5.41, 5.74) is 2.15. The van der Waals surface area contributed by atoms with Gasteiger partial charge in [-0.1, -0.05) is 11.6 Å². The van der Waals surface area contributed by atoms with Crippen LogP contribution in [0.2, 0.25) is 5.15 Å². The Balaban J connectivity index is 1.67. The number of halogens is 1. The van der Waals surface area contributed by atoms with Gasteiger partial charge in [0.05, 0.1) is 5.69 Å². The first kappa shape index (κ1) is 14.0. The van der Waals surface area contributed by atoms with Crippen LogP contribution in [0.1, 0.15) is 48.9 Å². The fourth-order valence-corrected chi connectivity index (χ4v) is 3.09. The fourth-order valence-electron chi connectivity index (χ4n) is 2.93. The van der Waals surface area contributed by atoms with Crippen LogP contribution in [0.3, 0.4) is 0 Å². The van der Waals surface area contributed by atoms with E-state index >= 15 is 0 Å². The van der Waals surface area contributed by atoms with E-state index in [0.29, 0.717) is 22.7 Å². The number of hydrogen-bond acceptors (Lipinski definition) is 4. The molecule has 0 atom stereocenters. The van der Waals surface area contributed by atoms with Gasteiger partial charge in [0, 0.05) is 37.3 Å². The number of aromatic nitrogens is 3. The smallest absolute Gasteiger partial charge is 0.171 e. The van der Waals surface area contributed by atoms with Gasteiger partial charge in [-0.05, 0) is 31.7 Å². The molecular formula is C16H18ClN3O2. The maximum absolute atomic E-state index is 6.16. The molecule has 0 bridgehead atoms. The molecule has 0 unspecified atom stereocenters. The van der Waals surface area contributed by atoms with E-state index in [4.69, 9.17) is 21.1 Å². The fraction of sp³-hybridized carbons (Fsp3) is 0.500. The van der Waals surface area contributed by atoms with Crippen LogP contribution in [0.15, 0.2) is 18.3 Å². The van der Waals surface area contributed by atoms with Crippen molar-refractivity contribution in [3.05, 3.63) is 34.9 Å². The Bertz CT molecular complexity index is 663. The minimum absolute atomic E-state index is 0.418. The predicted octanol–water partition coefficient (Wildman–Crippen LogP) is 4.02. The van der Waals surface area contributed by atoms with E-state index in [1.54, 1.807) is 12.3 Å². The predicted molar refractivity (Wildman–Crippen MR) is 82.7 cm³/mol. The quantitative estimate of drug-likeness (QED) is 0.865. The third-order valence-electron chi connectivity index (χ3n) is 4.29. The first-order valence-electron chi connectivity index (χ1n) is 7.76. The van der Waals surface area contributed by atoms with Crippen LogP contribution in [0.5, 0.6) is 11.5 Å². The minimum Gasteiger partial charge on any atom is -0.453 e. The molecule has 4 rings (SSSR count). The van der Waals surface area contributed by atoms with Crippen molar-refractivity contribution in [1.82, 2.24) is 15.2 Å². The Kier molecular flexibility index (Phi) is 3.76. The van der Waals surface area contributed by atoms with Gasteiger partial charge in [-0.3, -0.25) is 5.10 Å². The van der Waals surface area contributed by atoms with Gasteiger partial charge in [0.1, 0.15) is 16.6 Å². The second kappa shape index (κ2) is 5.89. The SMILES string of the molecule is Clc1cc(Oc2c(C3CC3)n[nH]c2C2CCOCC2)ccn1. The number of pyridine rings is 1. The zero-order valence-corrected chi connectivity index (χ0v) is 13.0. The van der Waals surface area contributed by atoms with Crippen molar-refractivity contribution in [3.63, 3.8) is 0 Å². The lowest BCUT2D eigenvalue weighted by Crippen LogP contribution is -2.15. The third-order valence-corrected chi connectivity index (χ3v) is 4.49. The third kappa shape index (κ3) is 2.83. The Morgan fingerprint density at radius 2 is 2.00 bits per heavy atom. The van der Waals surface area contributed by atoms with Gasteiger partial charge in [0.15, 0.2) is 5.75 Å². The van der Waals surface area contributed by atoms with Crippen molar-refractivity contribution in [2.45, 2.75) is 37.5 Å². The van der Waals surface area contributed by atoms with Crippen LogP contribution in [0.4, 0.5) is 0 Å². The van der Waals surface area contributed by atoms with E-state index in [2.05, 4.69) is 15.2 Å². The highest BCUT2D eigenvalue weighted by atomic mass is 35.5. The summed E-state index contributed by atoms with van der Waals surface area (Å²) in [6.07, 6.45) is 6.03. The number of nitrogens with zero attached hydrogens (tertiary/aromatic N) is 2. The molecule has 0 spiro atoms.